The molecule has 29 heavy (non-hydrogen) atoms. The Hall–Kier alpha value is -1.35. The monoisotopic (exact) mass is 398 g/mol. The minimum absolute atomic E-state index is 0.0893. The van der Waals surface area contributed by atoms with E-state index in [1.54, 1.807) is 0 Å². The molecule has 6 atom stereocenters. The van der Waals surface area contributed by atoms with E-state index in [-0.39, 0.29) is 11.3 Å². The maximum atomic E-state index is 13.3. The number of aromatic hydroxyl groups is 1. The van der Waals surface area contributed by atoms with Crippen LogP contribution in [-0.2, 0) is 11.2 Å². The first kappa shape index (κ1) is 20.9. The van der Waals surface area contributed by atoms with E-state index in [0.717, 1.165) is 44.9 Å². The van der Waals surface area contributed by atoms with E-state index in [9.17, 15) is 15.0 Å². The van der Waals surface area contributed by atoms with E-state index in [1.807, 2.05) is 19.1 Å². The van der Waals surface area contributed by atoms with Gasteiger partial charge < -0.3 is 10.2 Å². The van der Waals surface area contributed by atoms with Crippen LogP contribution in [0.3, 0.4) is 0 Å². The number of hydrogen-bond donors (Lipinski definition) is 2. The Morgan fingerprint density at radius 2 is 2.03 bits per heavy atom. The van der Waals surface area contributed by atoms with Crippen LogP contribution in [-0.4, -0.2) is 21.6 Å². The lowest BCUT2D eigenvalue weighted by Crippen LogP contribution is -2.50. The van der Waals surface area contributed by atoms with Gasteiger partial charge in [-0.25, -0.2) is 0 Å². The van der Waals surface area contributed by atoms with Gasteiger partial charge in [-0.2, -0.15) is 0 Å². The molecule has 1 aromatic rings. The number of rotatable bonds is 5. The van der Waals surface area contributed by atoms with E-state index in [0.29, 0.717) is 41.6 Å². The largest absolute Gasteiger partial charge is 0.508 e. The van der Waals surface area contributed by atoms with Gasteiger partial charge in [0.25, 0.3) is 0 Å². The van der Waals surface area contributed by atoms with Gasteiger partial charge in [-0.3, -0.25) is 4.79 Å². The molecule has 0 bridgehead atoms. The molecular formula is C26H38O3. The van der Waals surface area contributed by atoms with Gasteiger partial charge in [0.15, 0.2) is 0 Å². The van der Waals surface area contributed by atoms with E-state index in [2.05, 4.69) is 26.8 Å². The molecule has 3 heteroatoms. The Morgan fingerprint density at radius 1 is 1.28 bits per heavy atom. The van der Waals surface area contributed by atoms with Crippen LogP contribution in [0.2, 0.25) is 0 Å². The molecule has 0 saturated heterocycles. The molecule has 2 saturated carbocycles. The van der Waals surface area contributed by atoms with Gasteiger partial charge in [0.1, 0.15) is 11.5 Å². The number of aliphatic hydroxyl groups is 1. The lowest BCUT2D eigenvalue weighted by atomic mass is 9.52. The van der Waals surface area contributed by atoms with Crippen molar-refractivity contribution in [2.75, 3.05) is 0 Å². The van der Waals surface area contributed by atoms with Crippen molar-refractivity contribution in [2.45, 2.75) is 90.6 Å². The highest BCUT2D eigenvalue weighted by Crippen LogP contribution is 2.64. The standard InChI is InChI=1S/C26H38O3/c1-16(2)6-5-12-26(4,29)24-23(28)15-22-21-9-7-17-14-18(27)8-10-19(17)20(21)11-13-25(22,24)3/h8,10,14,16,20-22,24,27,29H,5-7,9,11-13,15H2,1-4H3/t20-,21-,22+,24+,25+,26+/m1/s1. The number of fused-ring (bicyclic) bond motifs is 5. The van der Waals surface area contributed by atoms with Crippen molar-refractivity contribution < 1.29 is 15.0 Å². The average molecular weight is 399 g/mol. The Kier molecular flexibility index (Phi) is 5.34. The van der Waals surface area contributed by atoms with Gasteiger partial charge in [0.05, 0.1) is 11.5 Å². The highest BCUT2D eigenvalue weighted by atomic mass is 16.3. The number of phenols is 1. The quantitative estimate of drug-likeness (QED) is 0.677. The fourth-order valence-electron chi connectivity index (χ4n) is 7.43. The summed E-state index contributed by atoms with van der Waals surface area (Å²) in [6.07, 6.45) is 7.62. The van der Waals surface area contributed by atoms with Crippen LogP contribution in [0.4, 0.5) is 0 Å². The zero-order chi connectivity index (χ0) is 21.0. The molecule has 0 aliphatic heterocycles. The molecule has 0 aromatic heterocycles. The number of ketones is 1. The number of benzene rings is 1. The van der Waals surface area contributed by atoms with Crippen LogP contribution in [0, 0.1) is 29.1 Å². The van der Waals surface area contributed by atoms with E-state index in [4.69, 9.17) is 0 Å². The molecule has 3 aliphatic rings. The predicted octanol–water partition coefficient (Wildman–Crippen LogP) is 5.62. The summed E-state index contributed by atoms with van der Waals surface area (Å²) in [6, 6.07) is 5.86. The molecule has 2 N–H and O–H groups in total. The zero-order valence-corrected chi connectivity index (χ0v) is 18.6. The van der Waals surface area contributed by atoms with Crippen LogP contribution in [0.5, 0.6) is 5.75 Å². The molecule has 0 spiro atoms. The summed E-state index contributed by atoms with van der Waals surface area (Å²) >= 11 is 0. The van der Waals surface area contributed by atoms with Gasteiger partial charge >= 0.3 is 0 Å². The predicted molar refractivity (Wildman–Crippen MR) is 116 cm³/mol. The van der Waals surface area contributed by atoms with Crippen molar-refractivity contribution in [3.63, 3.8) is 0 Å². The Balaban J connectivity index is 1.58. The van der Waals surface area contributed by atoms with Crippen LogP contribution >= 0.6 is 0 Å². The van der Waals surface area contributed by atoms with Crippen molar-refractivity contribution in [1.82, 2.24) is 0 Å². The molecule has 0 heterocycles. The summed E-state index contributed by atoms with van der Waals surface area (Å²) < 4.78 is 0. The number of phenolic OH excluding ortho intramolecular Hbond substituents is 1. The SMILES string of the molecule is CC(C)CCC[C@](C)(O)[C@H]1C(=O)C[C@H]2[C@@H]3CCc4cc(O)ccc4[C@H]3CC[C@@]21C. The highest BCUT2D eigenvalue weighted by molar-refractivity contribution is 5.86. The number of carbonyl (C=O) groups is 1. The fourth-order valence-corrected chi connectivity index (χ4v) is 7.43. The lowest BCUT2D eigenvalue weighted by Gasteiger charge is -2.52. The Labute approximate surface area is 175 Å². The minimum Gasteiger partial charge on any atom is -0.508 e. The third kappa shape index (κ3) is 3.54. The van der Waals surface area contributed by atoms with Crippen molar-refractivity contribution in [3.8, 4) is 5.75 Å². The second-order valence-electron chi connectivity index (χ2n) is 11.1. The molecule has 1 aromatic carbocycles. The summed E-state index contributed by atoms with van der Waals surface area (Å²) in [4.78, 5) is 13.3. The lowest BCUT2D eigenvalue weighted by molar-refractivity contribution is -0.136. The van der Waals surface area contributed by atoms with Crippen molar-refractivity contribution >= 4 is 5.78 Å². The first-order valence-corrected chi connectivity index (χ1v) is 11.7. The van der Waals surface area contributed by atoms with Crippen LogP contribution in [0.1, 0.15) is 89.7 Å². The van der Waals surface area contributed by atoms with Gasteiger partial charge in [0.2, 0.25) is 0 Å². The third-order valence-corrected chi connectivity index (χ3v) is 8.64. The molecule has 3 aliphatic carbocycles. The van der Waals surface area contributed by atoms with Crippen molar-refractivity contribution in [1.29, 1.82) is 0 Å². The maximum absolute atomic E-state index is 13.3. The van der Waals surface area contributed by atoms with Crippen LogP contribution in [0.25, 0.3) is 0 Å². The number of Topliss-reactive ketones (excluding diaryl/α,β-unsaturated/α-hetero) is 1. The van der Waals surface area contributed by atoms with Crippen molar-refractivity contribution in [2.24, 2.45) is 29.1 Å². The molecular weight excluding hydrogens is 360 g/mol. The molecule has 0 amide bonds. The molecule has 0 radical (unpaired) electrons. The van der Waals surface area contributed by atoms with Gasteiger partial charge in [-0.15, -0.1) is 0 Å². The molecule has 3 nitrogen and oxygen atoms in total. The Morgan fingerprint density at radius 3 is 2.76 bits per heavy atom. The molecule has 0 unspecified atom stereocenters. The highest BCUT2D eigenvalue weighted by Gasteiger charge is 2.62. The first-order chi connectivity index (χ1) is 13.6. The van der Waals surface area contributed by atoms with Crippen LogP contribution in [0.15, 0.2) is 18.2 Å². The summed E-state index contributed by atoms with van der Waals surface area (Å²) in [5.74, 6) is 2.44. The average Bonchev–Trinajstić information content (AvgIpc) is 2.91. The summed E-state index contributed by atoms with van der Waals surface area (Å²) in [5.41, 5.74) is 1.69. The van der Waals surface area contributed by atoms with E-state index >= 15 is 0 Å². The number of hydrogen-bond acceptors (Lipinski definition) is 3. The van der Waals surface area contributed by atoms with Crippen LogP contribution < -0.4 is 0 Å². The summed E-state index contributed by atoms with van der Waals surface area (Å²) in [6.45, 7) is 8.66. The molecule has 2 fully saturated rings. The second kappa shape index (κ2) is 7.41. The number of aryl methyl sites for hydroxylation is 1. The second-order valence-corrected chi connectivity index (χ2v) is 11.1. The van der Waals surface area contributed by atoms with E-state index in [1.165, 1.54) is 11.1 Å². The normalized spacial score (nSPS) is 35.7. The minimum atomic E-state index is -0.902. The smallest absolute Gasteiger partial charge is 0.139 e. The molecule has 4 rings (SSSR count). The van der Waals surface area contributed by atoms with Crippen molar-refractivity contribution in [3.05, 3.63) is 29.3 Å². The molecule has 160 valence electrons. The maximum Gasteiger partial charge on any atom is 0.139 e. The van der Waals surface area contributed by atoms with E-state index < -0.39 is 5.60 Å². The summed E-state index contributed by atoms with van der Waals surface area (Å²) in [7, 11) is 0. The topological polar surface area (TPSA) is 57.5 Å². The number of carbonyl (C=O) groups excluding carboxylic acids is 1. The third-order valence-electron chi connectivity index (χ3n) is 8.64. The fraction of sp³-hybridized carbons (Fsp3) is 0.731. The zero-order valence-electron chi connectivity index (χ0n) is 18.6. The first-order valence-electron chi connectivity index (χ1n) is 11.7. The van der Waals surface area contributed by atoms with Gasteiger partial charge in [0, 0.05) is 6.42 Å². The summed E-state index contributed by atoms with van der Waals surface area (Å²) in [5, 5.41) is 21.3. The van der Waals surface area contributed by atoms with Gasteiger partial charge in [-0.05, 0) is 91.4 Å². The van der Waals surface area contributed by atoms with Gasteiger partial charge in [-0.1, -0.05) is 39.7 Å². The Bertz CT molecular complexity index is 780.